The van der Waals surface area contributed by atoms with Crippen molar-refractivity contribution < 1.29 is 4.79 Å². The lowest BCUT2D eigenvalue weighted by Gasteiger charge is -2.17. The molecule has 0 aliphatic rings. The largest absolute Gasteiger partial charge is 0.325 e. The molecule has 0 fully saturated rings. The summed E-state index contributed by atoms with van der Waals surface area (Å²) < 4.78 is 0.792. The third-order valence-electron chi connectivity index (χ3n) is 1.82. The number of anilines is 1. The van der Waals surface area contributed by atoms with Crippen molar-refractivity contribution in [2.75, 3.05) is 5.32 Å². The van der Waals surface area contributed by atoms with Gasteiger partial charge in [0, 0.05) is 21.5 Å². The Kier molecular flexibility index (Phi) is 4.35. The summed E-state index contributed by atoms with van der Waals surface area (Å²) in [5, 5.41) is 3.33. The molecule has 0 saturated heterocycles. The first-order valence-corrected chi connectivity index (χ1v) is 5.99. The summed E-state index contributed by atoms with van der Waals surface area (Å²) in [6.45, 7) is 3.61. The molecule has 0 saturated carbocycles. The minimum atomic E-state index is -0.519. The van der Waals surface area contributed by atoms with E-state index in [4.69, 9.17) is 17.3 Å². The van der Waals surface area contributed by atoms with Crippen molar-refractivity contribution in [3.63, 3.8) is 0 Å². The highest BCUT2D eigenvalue weighted by Crippen LogP contribution is 2.26. The highest BCUT2D eigenvalue weighted by molar-refractivity contribution is 9.10. The van der Waals surface area contributed by atoms with Crippen LogP contribution in [0.1, 0.15) is 20.3 Å². The second kappa shape index (κ2) is 5.17. The van der Waals surface area contributed by atoms with Gasteiger partial charge in [0.2, 0.25) is 5.91 Å². The molecule has 0 radical (unpaired) electrons. The lowest BCUT2D eigenvalue weighted by atomic mass is 10.0. The number of carbonyl (C=O) groups excluding carboxylic acids is 1. The zero-order valence-electron chi connectivity index (χ0n) is 9.18. The normalized spacial score (nSPS) is 11.3. The summed E-state index contributed by atoms with van der Waals surface area (Å²) in [7, 11) is 0. The molecule has 0 heterocycles. The maximum Gasteiger partial charge on any atom is 0.226 e. The van der Waals surface area contributed by atoms with Crippen LogP contribution >= 0.6 is 27.5 Å². The van der Waals surface area contributed by atoms with E-state index in [9.17, 15) is 4.79 Å². The number of rotatable bonds is 3. The van der Waals surface area contributed by atoms with E-state index in [1.165, 1.54) is 0 Å². The van der Waals surface area contributed by atoms with E-state index >= 15 is 0 Å². The van der Waals surface area contributed by atoms with Gasteiger partial charge in [-0.25, -0.2) is 0 Å². The summed E-state index contributed by atoms with van der Waals surface area (Å²) in [6.07, 6.45) is 0.256. The molecule has 1 aromatic rings. The van der Waals surface area contributed by atoms with E-state index < -0.39 is 5.54 Å². The first-order chi connectivity index (χ1) is 7.28. The van der Waals surface area contributed by atoms with Crippen LogP contribution in [0.4, 0.5) is 5.69 Å². The first-order valence-electron chi connectivity index (χ1n) is 4.82. The van der Waals surface area contributed by atoms with E-state index in [-0.39, 0.29) is 12.3 Å². The van der Waals surface area contributed by atoms with Gasteiger partial charge in [-0.05, 0) is 48.0 Å². The fourth-order valence-electron chi connectivity index (χ4n) is 1.20. The maximum atomic E-state index is 11.6. The quantitative estimate of drug-likeness (QED) is 0.901. The number of hydrogen-bond acceptors (Lipinski definition) is 2. The van der Waals surface area contributed by atoms with E-state index in [1.54, 1.807) is 32.0 Å². The Morgan fingerprint density at radius 3 is 2.75 bits per heavy atom. The number of hydrogen-bond donors (Lipinski definition) is 2. The van der Waals surface area contributed by atoms with Gasteiger partial charge in [-0.1, -0.05) is 11.6 Å². The van der Waals surface area contributed by atoms with Gasteiger partial charge in [-0.15, -0.1) is 0 Å². The van der Waals surface area contributed by atoms with Crippen LogP contribution in [-0.4, -0.2) is 11.4 Å². The van der Waals surface area contributed by atoms with Gasteiger partial charge in [0.25, 0.3) is 0 Å². The number of halogens is 2. The van der Waals surface area contributed by atoms with Crippen molar-refractivity contribution in [2.45, 2.75) is 25.8 Å². The SMILES string of the molecule is CC(C)(N)CC(=O)Nc1cc(Cl)ccc1Br. The van der Waals surface area contributed by atoms with E-state index in [1.807, 2.05) is 0 Å². The van der Waals surface area contributed by atoms with Crippen LogP contribution in [0, 0.1) is 0 Å². The molecule has 88 valence electrons. The average Bonchev–Trinajstić information content (AvgIpc) is 2.08. The molecule has 0 aliphatic heterocycles. The zero-order valence-corrected chi connectivity index (χ0v) is 11.5. The van der Waals surface area contributed by atoms with Crippen LogP contribution in [-0.2, 0) is 4.79 Å². The van der Waals surface area contributed by atoms with Crippen LogP contribution in [0.3, 0.4) is 0 Å². The topological polar surface area (TPSA) is 55.1 Å². The zero-order chi connectivity index (χ0) is 12.3. The molecule has 1 rings (SSSR count). The number of nitrogens with one attached hydrogen (secondary N) is 1. The van der Waals surface area contributed by atoms with Gasteiger partial charge in [-0.2, -0.15) is 0 Å². The summed E-state index contributed by atoms with van der Waals surface area (Å²) in [4.78, 5) is 11.6. The highest BCUT2D eigenvalue weighted by atomic mass is 79.9. The Morgan fingerprint density at radius 1 is 1.56 bits per heavy atom. The van der Waals surface area contributed by atoms with Gasteiger partial charge >= 0.3 is 0 Å². The summed E-state index contributed by atoms with van der Waals surface area (Å²) in [5.74, 6) is -0.129. The van der Waals surface area contributed by atoms with Gasteiger partial charge in [0.05, 0.1) is 5.69 Å². The Balaban J connectivity index is 2.73. The van der Waals surface area contributed by atoms with Gasteiger partial charge in [0.1, 0.15) is 0 Å². The van der Waals surface area contributed by atoms with Crippen LogP contribution < -0.4 is 11.1 Å². The minimum Gasteiger partial charge on any atom is -0.325 e. The number of nitrogens with two attached hydrogens (primary N) is 1. The highest BCUT2D eigenvalue weighted by Gasteiger charge is 2.17. The van der Waals surface area contributed by atoms with Crippen molar-refractivity contribution in [1.82, 2.24) is 0 Å². The molecule has 1 amide bonds. The summed E-state index contributed by atoms with van der Waals surface area (Å²) in [6, 6.07) is 5.22. The second-order valence-electron chi connectivity index (χ2n) is 4.34. The van der Waals surface area contributed by atoms with Crippen molar-refractivity contribution in [3.8, 4) is 0 Å². The van der Waals surface area contributed by atoms with Crippen molar-refractivity contribution in [3.05, 3.63) is 27.7 Å². The molecule has 0 bridgehead atoms. The fraction of sp³-hybridized carbons (Fsp3) is 0.364. The van der Waals surface area contributed by atoms with Crippen molar-refractivity contribution in [1.29, 1.82) is 0 Å². The van der Waals surface area contributed by atoms with Gasteiger partial charge < -0.3 is 11.1 Å². The molecule has 0 atom stereocenters. The monoisotopic (exact) mass is 304 g/mol. The average molecular weight is 306 g/mol. The lowest BCUT2D eigenvalue weighted by molar-refractivity contribution is -0.117. The van der Waals surface area contributed by atoms with E-state index in [0.29, 0.717) is 10.7 Å². The standard InChI is InChI=1S/C11H14BrClN2O/c1-11(2,14)6-10(16)15-9-5-7(13)3-4-8(9)12/h3-5H,6,14H2,1-2H3,(H,15,16). The summed E-state index contributed by atoms with van der Waals surface area (Å²) in [5.41, 5.74) is 5.90. The first kappa shape index (κ1) is 13.5. The van der Waals surface area contributed by atoms with Crippen LogP contribution in [0.15, 0.2) is 22.7 Å². The molecular formula is C11H14BrClN2O. The van der Waals surface area contributed by atoms with E-state index in [0.717, 1.165) is 4.47 Å². The molecule has 0 spiro atoms. The third-order valence-corrected chi connectivity index (χ3v) is 2.75. The van der Waals surface area contributed by atoms with Crippen LogP contribution in [0.5, 0.6) is 0 Å². The van der Waals surface area contributed by atoms with Crippen molar-refractivity contribution in [2.24, 2.45) is 5.73 Å². The molecular weight excluding hydrogens is 291 g/mol. The molecule has 1 aromatic carbocycles. The third kappa shape index (κ3) is 4.51. The van der Waals surface area contributed by atoms with E-state index in [2.05, 4.69) is 21.2 Å². The molecule has 16 heavy (non-hydrogen) atoms. The fourth-order valence-corrected chi connectivity index (χ4v) is 1.72. The number of benzene rings is 1. The molecule has 0 aromatic heterocycles. The predicted octanol–water partition coefficient (Wildman–Crippen LogP) is 3.17. The molecule has 3 nitrogen and oxygen atoms in total. The lowest BCUT2D eigenvalue weighted by Crippen LogP contribution is -2.36. The molecule has 5 heteroatoms. The maximum absolute atomic E-state index is 11.6. The Labute approximate surface area is 108 Å². The predicted molar refractivity (Wildman–Crippen MR) is 70.7 cm³/mol. The molecule has 0 aliphatic carbocycles. The summed E-state index contributed by atoms with van der Waals surface area (Å²) >= 11 is 9.17. The molecule has 3 N–H and O–H groups in total. The van der Waals surface area contributed by atoms with Crippen molar-refractivity contribution >= 4 is 39.1 Å². The van der Waals surface area contributed by atoms with Gasteiger partial charge in [-0.3, -0.25) is 4.79 Å². The second-order valence-corrected chi connectivity index (χ2v) is 5.63. The molecule has 0 unspecified atom stereocenters. The minimum absolute atomic E-state index is 0.129. The Bertz CT molecular complexity index is 401. The van der Waals surface area contributed by atoms with Crippen LogP contribution in [0.2, 0.25) is 5.02 Å². The smallest absolute Gasteiger partial charge is 0.226 e. The van der Waals surface area contributed by atoms with Gasteiger partial charge in [0.15, 0.2) is 0 Å². The van der Waals surface area contributed by atoms with Crippen LogP contribution in [0.25, 0.3) is 0 Å². The Hall–Kier alpha value is -0.580. The number of amides is 1. The Morgan fingerprint density at radius 2 is 2.19 bits per heavy atom. The number of carbonyl (C=O) groups is 1.